The quantitative estimate of drug-likeness (QED) is 0.625. The molecule has 0 heterocycles. The molecule has 0 unspecified atom stereocenters. The summed E-state index contributed by atoms with van der Waals surface area (Å²) in [7, 11) is 0. The second kappa shape index (κ2) is 6.35. The predicted octanol–water partition coefficient (Wildman–Crippen LogP) is 1.05. The first-order chi connectivity index (χ1) is 8.54. The first-order valence-electron chi connectivity index (χ1n) is 5.11. The molecular formula is C12H11FN2O3. The van der Waals surface area contributed by atoms with E-state index in [-0.39, 0.29) is 30.2 Å². The van der Waals surface area contributed by atoms with E-state index in [1.165, 1.54) is 13.0 Å². The molecule has 0 saturated heterocycles. The lowest BCUT2D eigenvalue weighted by Crippen LogP contribution is -2.29. The predicted molar refractivity (Wildman–Crippen MR) is 60.5 cm³/mol. The van der Waals surface area contributed by atoms with Crippen LogP contribution in [0.1, 0.15) is 17.3 Å². The number of hydrogen-bond donors (Lipinski definition) is 1. The summed E-state index contributed by atoms with van der Waals surface area (Å²) in [4.78, 5) is 22.4. The van der Waals surface area contributed by atoms with E-state index in [0.29, 0.717) is 0 Å². The molecule has 0 fully saturated rings. The van der Waals surface area contributed by atoms with Crippen molar-refractivity contribution in [3.05, 3.63) is 29.6 Å². The van der Waals surface area contributed by atoms with Gasteiger partial charge in [-0.1, -0.05) is 0 Å². The average molecular weight is 250 g/mol. The van der Waals surface area contributed by atoms with Crippen LogP contribution < -0.4 is 10.1 Å². The Labute approximate surface area is 103 Å². The fourth-order valence-corrected chi connectivity index (χ4v) is 1.24. The van der Waals surface area contributed by atoms with Crippen LogP contribution in [-0.2, 0) is 4.79 Å². The fraction of sp³-hybridized carbons (Fsp3) is 0.250. The molecule has 0 aromatic heterocycles. The van der Waals surface area contributed by atoms with Crippen molar-refractivity contribution < 1.29 is 18.7 Å². The molecule has 1 amide bonds. The number of rotatable bonds is 5. The highest BCUT2D eigenvalue weighted by Crippen LogP contribution is 2.20. The zero-order chi connectivity index (χ0) is 13.5. The molecule has 5 nitrogen and oxygen atoms in total. The van der Waals surface area contributed by atoms with E-state index >= 15 is 0 Å². The van der Waals surface area contributed by atoms with Gasteiger partial charge in [0.1, 0.15) is 18.1 Å². The van der Waals surface area contributed by atoms with Gasteiger partial charge in [-0.25, -0.2) is 4.39 Å². The number of Topliss-reactive ketones (excluding diaryl/α,β-unsaturated/α-hetero) is 1. The largest absolute Gasteiger partial charge is 0.483 e. The van der Waals surface area contributed by atoms with Crippen LogP contribution in [0.15, 0.2) is 18.2 Å². The third-order valence-electron chi connectivity index (χ3n) is 2.04. The number of ketones is 1. The summed E-state index contributed by atoms with van der Waals surface area (Å²) in [6.07, 6.45) is 0. The summed E-state index contributed by atoms with van der Waals surface area (Å²) in [5.74, 6) is -1.27. The van der Waals surface area contributed by atoms with Crippen LogP contribution in [0.5, 0.6) is 5.75 Å². The second-order valence-corrected chi connectivity index (χ2v) is 3.42. The van der Waals surface area contributed by atoms with Gasteiger partial charge in [-0.2, -0.15) is 5.26 Å². The normalized spacial score (nSPS) is 9.39. The summed E-state index contributed by atoms with van der Waals surface area (Å²) < 4.78 is 18.1. The van der Waals surface area contributed by atoms with E-state index in [1.807, 2.05) is 0 Å². The molecule has 94 valence electrons. The third-order valence-corrected chi connectivity index (χ3v) is 2.04. The Morgan fingerprint density at radius 3 is 2.83 bits per heavy atom. The van der Waals surface area contributed by atoms with Gasteiger partial charge >= 0.3 is 0 Å². The van der Waals surface area contributed by atoms with Gasteiger partial charge in [0.25, 0.3) is 5.91 Å². The molecule has 1 aromatic carbocycles. The summed E-state index contributed by atoms with van der Waals surface area (Å²) in [6.45, 7) is 0.816. The van der Waals surface area contributed by atoms with Gasteiger partial charge < -0.3 is 10.1 Å². The van der Waals surface area contributed by atoms with E-state index in [4.69, 9.17) is 10.00 Å². The molecule has 0 atom stereocenters. The number of benzene rings is 1. The van der Waals surface area contributed by atoms with Crippen molar-refractivity contribution in [3.63, 3.8) is 0 Å². The molecular weight excluding hydrogens is 239 g/mol. The minimum Gasteiger partial charge on any atom is -0.483 e. The SMILES string of the molecule is CC(=O)c1cc(F)ccc1OCC(=O)NCC#N. The van der Waals surface area contributed by atoms with Crippen LogP contribution in [0, 0.1) is 17.1 Å². The lowest BCUT2D eigenvalue weighted by Gasteiger charge is -2.09. The Hall–Kier alpha value is -2.42. The fourth-order valence-electron chi connectivity index (χ4n) is 1.24. The van der Waals surface area contributed by atoms with Crippen molar-refractivity contribution in [1.82, 2.24) is 5.32 Å². The van der Waals surface area contributed by atoms with Crippen molar-refractivity contribution in [2.45, 2.75) is 6.92 Å². The maximum Gasteiger partial charge on any atom is 0.258 e. The molecule has 0 aliphatic rings. The van der Waals surface area contributed by atoms with E-state index in [0.717, 1.165) is 12.1 Å². The number of carbonyl (C=O) groups is 2. The van der Waals surface area contributed by atoms with Crippen LogP contribution in [0.3, 0.4) is 0 Å². The number of hydrogen-bond acceptors (Lipinski definition) is 4. The van der Waals surface area contributed by atoms with E-state index in [2.05, 4.69) is 5.32 Å². The highest BCUT2D eigenvalue weighted by molar-refractivity contribution is 5.96. The zero-order valence-electron chi connectivity index (χ0n) is 9.70. The standard InChI is InChI=1S/C12H11FN2O3/c1-8(16)10-6-9(13)2-3-11(10)18-7-12(17)15-5-4-14/h2-3,6H,5,7H2,1H3,(H,15,17). The van der Waals surface area contributed by atoms with Gasteiger partial charge in [-0.15, -0.1) is 0 Å². The number of nitrogens with one attached hydrogen (secondary N) is 1. The second-order valence-electron chi connectivity index (χ2n) is 3.42. The number of halogens is 1. The summed E-state index contributed by atoms with van der Waals surface area (Å²) in [6, 6.07) is 5.20. The van der Waals surface area contributed by atoms with Gasteiger partial charge in [-0.05, 0) is 25.1 Å². The Kier molecular flexibility index (Phi) is 4.81. The molecule has 6 heteroatoms. The smallest absolute Gasteiger partial charge is 0.258 e. The van der Waals surface area contributed by atoms with Crippen molar-refractivity contribution >= 4 is 11.7 Å². The highest BCUT2D eigenvalue weighted by atomic mass is 19.1. The number of nitriles is 1. The van der Waals surface area contributed by atoms with Crippen molar-refractivity contribution in [3.8, 4) is 11.8 Å². The summed E-state index contributed by atoms with van der Waals surface area (Å²) >= 11 is 0. The van der Waals surface area contributed by atoms with Crippen molar-refractivity contribution in [2.75, 3.05) is 13.2 Å². The molecule has 0 bridgehead atoms. The molecule has 0 aliphatic heterocycles. The van der Waals surface area contributed by atoms with Crippen LogP contribution in [0.2, 0.25) is 0 Å². The first-order valence-corrected chi connectivity index (χ1v) is 5.11. The van der Waals surface area contributed by atoms with E-state index in [9.17, 15) is 14.0 Å². The monoisotopic (exact) mass is 250 g/mol. The number of ether oxygens (including phenoxy) is 1. The minimum atomic E-state index is -0.554. The first kappa shape index (κ1) is 13.6. The Morgan fingerprint density at radius 1 is 1.50 bits per heavy atom. The molecule has 0 radical (unpaired) electrons. The van der Waals surface area contributed by atoms with Gasteiger partial charge in [0.05, 0.1) is 11.6 Å². The van der Waals surface area contributed by atoms with E-state index < -0.39 is 11.7 Å². The van der Waals surface area contributed by atoms with Crippen LogP contribution >= 0.6 is 0 Å². The summed E-state index contributed by atoms with van der Waals surface area (Å²) in [5.41, 5.74) is 0.0723. The molecule has 0 aliphatic carbocycles. The van der Waals surface area contributed by atoms with Gasteiger partial charge in [0, 0.05) is 0 Å². The van der Waals surface area contributed by atoms with Gasteiger partial charge in [0.15, 0.2) is 12.4 Å². The molecule has 1 aromatic rings. The maximum absolute atomic E-state index is 12.9. The van der Waals surface area contributed by atoms with Crippen molar-refractivity contribution in [2.24, 2.45) is 0 Å². The van der Waals surface area contributed by atoms with Crippen molar-refractivity contribution in [1.29, 1.82) is 5.26 Å². The topological polar surface area (TPSA) is 79.2 Å². The Morgan fingerprint density at radius 2 is 2.22 bits per heavy atom. The zero-order valence-corrected chi connectivity index (χ0v) is 9.70. The maximum atomic E-state index is 12.9. The van der Waals surface area contributed by atoms with Crippen LogP contribution in [0.4, 0.5) is 4.39 Å². The van der Waals surface area contributed by atoms with Gasteiger partial charge in [0.2, 0.25) is 0 Å². The molecule has 18 heavy (non-hydrogen) atoms. The molecule has 0 spiro atoms. The molecule has 1 rings (SSSR count). The van der Waals surface area contributed by atoms with E-state index in [1.54, 1.807) is 6.07 Å². The van der Waals surface area contributed by atoms with Gasteiger partial charge in [-0.3, -0.25) is 9.59 Å². The molecule has 1 N–H and O–H groups in total. The summed E-state index contributed by atoms with van der Waals surface area (Å²) in [5, 5.41) is 10.5. The number of nitrogens with zero attached hydrogens (tertiary/aromatic N) is 1. The highest BCUT2D eigenvalue weighted by Gasteiger charge is 2.11. The number of amides is 1. The average Bonchev–Trinajstić information content (AvgIpc) is 2.34. The lowest BCUT2D eigenvalue weighted by atomic mass is 10.1. The van der Waals surface area contributed by atoms with Crippen LogP contribution in [0.25, 0.3) is 0 Å². The molecule has 0 saturated carbocycles. The third kappa shape index (κ3) is 3.87. The number of carbonyl (C=O) groups excluding carboxylic acids is 2. The lowest BCUT2D eigenvalue weighted by molar-refractivity contribution is -0.122. The Balaban J connectivity index is 2.70. The Bertz CT molecular complexity index is 509. The minimum absolute atomic E-state index is 0.0723. The van der Waals surface area contributed by atoms with Crippen LogP contribution in [-0.4, -0.2) is 24.8 Å².